The van der Waals surface area contributed by atoms with Gasteiger partial charge < -0.3 is 4.42 Å². The quantitative estimate of drug-likeness (QED) is 0.681. The number of fused-ring (bicyclic) bond motifs is 1. The van der Waals surface area contributed by atoms with Crippen LogP contribution in [0.15, 0.2) is 23.1 Å². The third-order valence-electron chi connectivity index (χ3n) is 1.45. The van der Waals surface area contributed by atoms with Crippen molar-refractivity contribution in [2.24, 2.45) is 0 Å². The molecule has 4 heteroatoms. The average molecular weight is 213 g/mol. The van der Waals surface area contributed by atoms with Crippen LogP contribution in [0.3, 0.4) is 0 Å². The van der Waals surface area contributed by atoms with E-state index in [0.29, 0.717) is 5.33 Å². The molecular formula is C7H5BrN2O. The summed E-state index contributed by atoms with van der Waals surface area (Å²) in [4.78, 5) is 8.16. The van der Waals surface area contributed by atoms with Gasteiger partial charge in [0.1, 0.15) is 5.52 Å². The first-order valence-electron chi connectivity index (χ1n) is 3.15. The second kappa shape index (κ2) is 2.62. The maximum atomic E-state index is 5.09. The topological polar surface area (TPSA) is 38.9 Å². The molecule has 2 aromatic rings. The highest BCUT2D eigenvalue weighted by molar-refractivity contribution is 9.08. The van der Waals surface area contributed by atoms with Gasteiger partial charge in [0.25, 0.3) is 0 Å². The van der Waals surface area contributed by atoms with Gasteiger partial charge in [-0.15, -0.1) is 0 Å². The fourth-order valence-corrected chi connectivity index (χ4v) is 1.35. The number of nitrogens with zero attached hydrogens (tertiary/aromatic N) is 2. The van der Waals surface area contributed by atoms with Crippen LogP contribution in [0.1, 0.15) is 5.69 Å². The molecule has 3 nitrogen and oxygen atoms in total. The molecule has 0 atom stereocenters. The van der Waals surface area contributed by atoms with E-state index in [4.69, 9.17) is 4.42 Å². The summed E-state index contributed by atoms with van der Waals surface area (Å²) in [6.45, 7) is 0. The lowest BCUT2D eigenvalue weighted by Crippen LogP contribution is -1.84. The van der Waals surface area contributed by atoms with Gasteiger partial charge in [0.15, 0.2) is 12.0 Å². The molecule has 0 aliphatic rings. The molecule has 0 fully saturated rings. The zero-order valence-corrected chi connectivity index (χ0v) is 7.21. The molecule has 0 spiro atoms. The van der Waals surface area contributed by atoms with Gasteiger partial charge >= 0.3 is 0 Å². The summed E-state index contributed by atoms with van der Waals surface area (Å²) in [5, 5.41) is 0.705. The van der Waals surface area contributed by atoms with Crippen LogP contribution in [0, 0.1) is 0 Å². The molecule has 0 saturated heterocycles. The lowest BCUT2D eigenvalue weighted by atomic mass is 10.3. The Bertz CT molecular complexity index is 371. The highest BCUT2D eigenvalue weighted by atomic mass is 79.9. The first kappa shape index (κ1) is 6.79. The van der Waals surface area contributed by atoms with E-state index in [1.807, 2.05) is 0 Å². The largest absolute Gasteiger partial charge is 0.443 e. The number of hydrogen-bond acceptors (Lipinski definition) is 3. The predicted octanol–water partition coefficient (Wildman–Crippen LogP) is 2.12. The molecule has 11 heavy (non-hydrogen) atoms. The number of alkyl halides is 1. The summed E-state index contributed by atoms with van der Waals surface area (Å²) in [6.07, 6.45) is 3.14. The van der Waals surface area contributed by atoms with Crippen molar-refractivity contribution in [1.29, 1.82) is 0 Å². The fraction of sp³-hybridized carbons (Fsp3) is 0.143. The summed E-state index contributed by atoms with van der Waals surface area (Å²) < 4.78 is 5.09. The SMILES string of the molecule is BrCc1nccc2ocnc12. The van der Waals surface area contributed by atoms with Crippen LogP contribution in [0.2, 0.25) is 0 Å². The number of oxazole rings is 1. The van der Waals surface area contributed by atoms with Crippen molar-refractivity contribution in [1.82, 2.24) is 9.97 Å². The zero-order valence-electron chi connectivity index (χ0n) is 5.62. The van der Waals surface area contributed by atoms with Gasteiger partial charge in [0.2, 0.25) is 0 Å². The number of rotatable bonds is 1. The van der Waals surface area contributed by atoms with E-state index in [9.17, 15) is 0 Å². The monoisotopic (exact) mass is 212 g/mol. The standard InChI is InChI=1S/C7H5BrN2O/c8-3-5-7-6(1-2-9-5)11-4-10-7/h1-2,4H,3H2. The third-order valence-corrected chi connectivity index (χ3v) is 1.98. The molecule has 0 saturated carbocycles. The Labute approximate surface area is 71.6 Å². The first-order chi connectivity index (χ1) is 5.42. The Morgan fingerprint density at radius 2 is 2.36 bits per heavy atom. The molecule has 2 heterocycles. The molecule has 0 aliphatic carbocycles. The minimum Gasteiger partial charge on any atom is -0.443 e. The summed E-state index contributed by atoms with van der Waals surface area (Å²) in [5.74, 6) is 0. The van der Waals surface area contributed by atoms with E-state index in [2.05, 4.69) is 25.9 Å². The molecule has 0 aliphatic heterocycles. The molecule has 0 amide bonds. The third kappa shape index (κ3) is 1.03. The Morgan fingerprint density at radius 1 is 1.45 bits per heavy atom. The van der Waals surface area contributed by atoms with Gasteiger partial charge in [-0.2, -0.15) is 0 Å². The lowest BCUT2D eigenvalue weighted by molar-refractivity contribution is 0.602. The van der Waals surface area contributed by atoms with Crippen molar-refractivity contribution in [2.75, 3.05) is 0 Å². The van der Waals surface area contributed by atoms with E-state index in [0.717, 1.165) is 16.8 Å². The Morgan fingerprint density at radius 3 is 3.18 bits per heavy atom. The van der Waals surface area contributed by atoms with Gasteiger partial charge in [0.05, 0.1) is 5.69 Å². The van der Waals surface area contributed by atoms with Crippen molar-refractivity contribution in [3.63, 3.8) is 0 Å². The van der Waals surface area contributed by atoms with Gasteiger partial charge in [0, 0.05) is 17.6 Å². The van der Waals surface area contributed by atoms with Crippen molar-refractivity contribution in [3.05, 3.63) is 24.4 Å². The van der Waals surface area contributed by atoms with E-state index < -0.39 is 0 Å². The van der Waals surface area contributed by atoms with Gasteiger partial charge in [-0.3, -0.25) is 4.98 Å². The molecule has 0 aromatic carbocycles. The Kier molecular flexibility index (Phi) is 1.62. The summed E-state index contributed by atoms with van der Waals surface area (Å²) in [6, 6.07) is 1.80. The van der Waals surface area contributed by atoms with Crippen LogP contribution >= 0.6 is 15.9 Å². The summed E-state index contributed by atoms with van der Waals surface area (Å²) in [7, 11) is 0. The average Bonchev–Trinajstić information content (AvgIpc) is 2.50. The van der Waals surface area contributed by atoms with Crippen LogP contribution in [0.5, 0.6) is 0 Å². The van der Waals surface area contributed by atoms with Gasteiger partial charge in [-0.1, -0.05) is 15.9 Å². The fourth-order valence-electron chi connectivity index (χ4n) is 0.944. The van der Waals surface area contributed by atoms with E-state index >= 15 is 0 Å². The Hall–Kier alpha value is -0.900. The molecule has 56 valence electrons. The number of hydrogen-bond donors (Lipinski definition) is 0. The summed E-state index contributed by atoms with van der Waals surface area (Å²) in [5.41, 5.74) is 2.54. The van der Waals surface area contributed by atoms with Gasteiger partial charge in [-0.05, 0) is 0 Å². The van der Waals surface area contributed by atoms with E-state index in [-0.39, 0.29) is 0 Å². The molecule has 0 N–H and O–H groups in total. The number of pyridine rings is 1. The molecule has 0 unspecified atom stereocenters. The second-order valence-corrected chi connectivity index (χ2v) is 2.65. The predicted molar refractivity (Wildman–Crippen MR) is 44.4 cm³/mol. The minimum absolute atomic E-state index is 0.705. The second-order valence-electron chi connectivity index (χ2n) is 2.09. The minimum atomic E-state index is 0.705. The zero-order chi connectivity index (χ0) is 7.68. The lowest BCUT2D eigenvalue weighted by Gasteiger charge is -1.91. The number of aromatic nitrogens is 2. The molecule has 2 rings (SSSR count). The molecule has 2 aromatic heterocycles. The normalized spacial score (nSPS) is 10.6. The highest BCUT2D eigenvalue weighted by Gasteiger charge is 2.03. The van der Waals surface area contributed by atoms with Gasteiger partial charge in [-0.25, -0.2) is 4.98 Å². The summed E-state index contributed by atoms with van der Waals surface area (Å²) >= 11 is 3.32. The molecular weight excluding hydrogens is 208 g/mol. The van der Waals surface area contributed by atoms with Crippen molar-refractivity contribution in [3.8, 4) is 0 Å². The molecule has 0 radical (unpaired) electrons. The maximum absolute atomic E-state index is 5.09. The van der Waals surface area contributed by atoms with Crippen LogP contribution in [-0.4, -0.2) is 9.97 Å². The number of halogens is 1. The van der Waals surface area contributed by atoms with Crippen LogP contribution in [0.4, 0.5) is 0 Å². The molecule has 0 bridgehead atoms. The first-order valence-corrected chi connectivity index (χ1v) is 4.27. The van der Waals surface area contributed by atoms with E-state index in [1.165, 1.54) is 6.39 Å². The highest BCUT2D eigenvalue weighted by Crippen LogP contribution is 2.16. The van der Waals surface area contributed by atoms with Crippen LogP contribution < -0.4 is 0 Å². The van der Waals surface area contributed by atoms with Crippen molar-refractivity contribution < 1.29 is 4.42 Å². The maximum Gasteiger partial charge on any atom is 0.182 e. The smallest absolute Gasteiger partial charge is 0.182 e. The van der Waals surface area contributed by atoms with Crippen molar-refractivity contribution >= 4 is 27.0 Å². The van der Waals surface area contributed by atoms with E-state index in [1.54, 1.807) is 12.3 Å². The van der Waals surface area contributed by atoms with Crippen LogP contribution in [0.25, 0.3) is 11.1 Å². The van der Waals surface area contributed by atoms with Crippen molar-refractivity contribution in [2.45, 2.75) is 5.33 Å². The Balaban J connectivity index is 2.79. The van der Waals surface area contributed by atoms with Crippen LogP contribution in [-0.2, 0) is 5.33 Å².